The minimum absolute atomic E-state index is 0.00938. The topological polar surface area (TPSA) is 93.1 Å². The summed E-state index contributed by atoms with van der Waals surface area (Å²) < 4.78 is 11.1. The van der Waals surface area contributed by atoms with E-state index in [1.807, 2.05) is 13.8 Å². The summed E-state index contributed by atoms with van der Waals surface area (Å²) in [6.07, 6.45) is -0.324. The lowest BCUT2D eigenvalue weighted by Gasteiger charge is -2.42. The first kappa shape index (κ1) is 19.1. The minimum atomic E-state index is -0.998. The monoisotopic (exact) mass is 364 g/mol. The number of allylic oxidation sites excluding steroid dienone is 1. The highest BCUT2D eigenvalue weighted by Crippen LogP contribution is 2.57. The van der Waals surface area contributed by atoms with Crippen molar-refractivity contribution >= 4 is 11.9 Å². The Morgan fingerprint density at radius 1 is 1.38 bits per heavy atom. The number of fused-ring (bicyclic) bond motifs is 2. The van der Waals surface area contributed by atoms with Crippen molar-refractivity contribution in [1.29, 1.82) is 0 Å². The molecule has 26 heavy (non-hydrogen) atoms. The van der Waals surface area contributed by atoms with E-state index in [4.69, 9.17) is 9.47 Å². The van der Waals surface area contributed by atoms with E-state index in [0.29, 0.717) is 12.0 Å². The number of rotatable bonds is 2. The van der Waals surface area contributed by atoms with Crippen molar-refractivity contribution in [1.82, 2.24) is 0 Å². The summed E-state index contributed by atoms with van der Waals surface area (Å²) in [6.45, 7) is 11.1. The highest BCUT2D eigenvalue weighted by atomic mass is 16.6. The summed E-state index contributed by atoms with van der Waals surface area (Å²) in [7, 11) is 0. The molecule has 2 aliphatic carbocycles. The summed E-state index contributed by atoms with van der Waals surface area (Å²) in [5.41, 5.74) is -0.157. The summed E-state index contributed by atoms with van der Waals surface area (Å²) in [5, 5.41) is 22.0. The van der Waals surface area contributed by atoms with Crippen molar-refractivity contribution in [2.75, 3.05) is 0 Å². The lowest BCUT2D eigenvalue weighted by molar-refractivity contribution is -0.159. The van der Waals surface area contributed by atoms with Crippen LogP contribution >= 0.6 is 0 Å². The molecule has 144 valence electrons. The van der Waals surface area contributed by atoms with Gasteiger partial charge in [0.15, 0.2) is 0 Å². The molecule has 0 aromatic carbocycles. The summed E-state index contributed by atoms with van der Waals surface area (Å²) >= 11 is 0. The van der Waals surface area contributed by atoms with Gasteiger partial charge in [0, 0.05) is 23.0 Å². The van der Waals surface area contributed by atoms with Crippen LogP contribution in [0.3, 0.4) is 0 Å². The number of aliphatic hydroxyl groups is 2. The SMILES string of the molecule is C=C1C(=O)O[C@H]2C[C@@H](C)[C@@H]3[C@@H](O)C[C@@H](OC(=O)/C(C)=C\C)[C@@]3(C)[C@@H](O)[C@H]12. The normalized spacial score (nSPS) is 45.6. The standard InChI is InChI=1S/C20H28O6/c1-6-9(2)18(23)26-14-8-12(21)16-10(3)7-13-15(11(4)19(24)25-13)17(22)20(14,16)5/h6,10,12-17,21-22H,4,7-8H2,1-3,5H3/b9-6-/t10-,12+,13+,14-,15-,16-,17+,20-/m1/s1. The Morgan fingerprint density at radius 3 is 2.65 bits per heavy atom. The van der Waals surface area contributed by atoms with E-state index in [0.717, 1.165) is 0 Å². The van der Waals surface area contributed by atoms with Crippen LogP contribution in [0.5, 0.6) is 0 Å². The Bertz CT molecular complexity index is 667. The highest BCUT2D eigenvalue weighted by Gasteiger charge is 2.65. The molecular weight excluding hydrogens is 336 g/mol. The Kier molecular flexibility index (Phi) is 4.78. The van der Waals surface area contributed by atoms with Crippen LogP contribution in [0.15, 0.2) is 23.8 Å². The number of hydrogen-bond acceptors (Lipinski definition) is 6. The molecule has 0 bridgehead atoms. The summed E-state index contributed by atoms with van der Waals surface area (Å²) in [6, 6.07) is 0. The fourth-order valence-electron chi connectivity index (χ4n) is 5.28. The number of ether oxygens (including phenoxy) is 2. The van der Waals surface area contributed by atoms with E-state index in [2.05, 4.69) is 6.58 Å². The second kappa shape index (κ2) is 6.50. The van der Waals surface area contributed by atoms with Gasteiger partial charge in [0.1, 0.15) is 12.2 Å². The van der Waals surface area contributed by atoms with Crippen molar-refractivity contribution in [3.63, 3.8) is 0 Å². The van der Waals surface area contributed by atoms with Crippen LogP contribution in [0.4, 0.5) is 0 Å². The maximum absolute atomic E-state index is 12.3. The smallest absolute Gasteiger partial charge is 0.334 e. The number of aliphatic hydroxyl groups excluding tert-OH is 2. The summed E-state index contributed by atoms with van der Waals surface area (Å²) in [5.74, 6) is -1.76. The molecule has 2 saturated carbocycles. The van der Waals surface area contributed by atoms with E-state index in [9.17, 15) is 19.8 Å². The largest absolute Gasteiger partial charge is 0.458 e. The molecular formula is C20H28O6. The van der Waals surface area contributed by atoms with Crippen molar-refractivity contribution in [3.05, 3.63) is 23.8 Å². The van der Waals surface area contributed by atoms with Gasteiger partial charge in [-0.2, -0.15) is 0 Å². The van der Waals surface area contributed by atoms with Crippen LogP contribution in [-0.4, -0.2) is 46.6 Å². The molecule has 0 spiro atoms. The lowest BCUT2D eigenvalue weighted by atomic mass is 9.67. The first-order valence-corrected chi connectivity index (χ1v) is 9.22. The van der Waals surface area contributed by atoms with Crippen molar-refractivity contribution in [2.24, 2.45) is 23.2 Å². The van der Waals surface area contributed by atoms with E-state index in [-0.39, 0.29) is 23.8 Å². The maximum Gasteiger partial charge on any atom is 0.334 e. The van der Waals surface area contributed by atoms with Gasteiger partial charge in [-0.1, -0.05) is 26.5 Å². The molecule has 3 fully saturated rings. The van der Waals surface area contributed by atoms with Crippen molar-refractivity contribution in [3.8, 4) is 0 Å². The number of carbonyl (C=O) groups is 2. The first-order chi connectivity index (χ1) is 12.1. The van der Waals surface area contributed by atoms with Gasteiger partial charge < -0.3 is 19.7 Å². The van der Waals surface area contributed by atoms with E-state index in [1.54, 1.807) is 19.9 Å². The quantitative estimate of drug-likeness (QED) is 0.573. The number of esters is 2. The number of hydrogen-bond donors (Lipinski definition) is 2. The third-order valence-corrected chi connectivity index (χ3v) is 6.80. The van der Waals surface area contributed by atoms with Crippen LogP contribution in [0.25, 0.3) is 0 Å². The highest BCUT2D eigenvalue weighted by molar-refractivity contribution is 5.91. The average molecular weight is 364 g/mol. The van der Waals surface area contributed by atoms with Crippen molar-refractivity contribution in [2.45, 2.75) is 65.0 Å². The van der Waals surface area contributed by atoms with Crippen LogP contribution in [0, 0.1) is 23.2 Å². The molecule has 1 saturated heterocycles. The molecule has 3 rings (SSSR count). The molecule has 1 aliphatic heterocycles. The van der Waals surface area contributed by atoms with Crippen LogP contribution in [0.2, 0.25) is 0 Å². The van der Waals surface area contributed by atoms with E-state index >= 15 is 0 Å². The third kappa shape index (κ3) is 2.62. The molecule has 0 amide bonds. The van der Waals surface area contributed by atoms with Gasteiger partial charge in [0.05, 0.1) is 18.1 Å². The maximum atomic E-state index is 12.3. The van der Waals surface area contributed by atoms with Gasteiger partial charge in [0.25, 0.3) is 0 Å². The zero-order valence-electron chi connectivity index (χ0n) is 15.8. The zero-order valence-corrected chi connectivity index (χ0v) is 15.8. The van der Waals surface area contributed by atoms with Crippen LogP contribution in [-0.2, 0) is 19.1 Å². The molecule has 1 heterocycles. The van der Waals surface area contributed by atoms with E-state index < -0.39 is 47.7 Å². The average Bonchev–Trinajstić information content (AvgIpc) is 2.96. The van der Waals surface area contributed by atoms with Gasteiger partial charge in [-0.15, -0.1) is 0 Å². The summed E-state index contributed by atoms with van der Waals surface area (Å²) in [4.78, 5) is 24.3. The Balaban J connectivity index is 2.00. The van der Waals surface area contributed by atoms with Gasteiger partial charge in [-0.3, -0.25) is 0 Å². The number of carbonyl (C=O) groups excluding carboxylic acids is 2. The molecule has 0 aromatic heterocycles. The fourth-order valence-corrected chi connectivity index (χ4v) is 5.28. The van der Waals surface area contributed by atoms with Gasteiger partial charge in [-0.25, -0.2) is 9.59 Å². The first-order valence-electron chi connectivity index (χ1n) is 9.22. The zero-order chi connectivity index (χ0) is 19.4. The molecule has 6 heteroatoms. The predicted molar refractivity (Wildman–Crippen MR) is 93.8 cm³/mol. The fraction of sp³-hybridized carbons (Fsp3) is 0.700. The molecule has 0 unspecified atom stereocenters. The second-order valence-corrected chi connectivity index (χ2v) is 8.21. The van der Waals surface area contributed by atoms with Crippen LogP contribution in [0.1, 0.15) is 40.5 Å². The molecule has 0 aromatic rings. The minimum Gasteiger partial charge on any atom is -0.458 e. The molecule has 6 nitrogen and oxygen atoms in total. The molecule has 2 N–H and O–H groups in total. The Morgan fingerprint density at radius 2 is 2.04 bits per heavy atom. The van der Waals surface area contributed by atoms with Gasteiger partial charge in [0.2, 0.25) is 0 Å². The lowest BCUT2D eigenvalue weighted by Crippen LogP contribution is -2.50. The Labute approximate surface area is 153 Å². The third-order valence-electron chi connectivity index (χ3n) is 6.80. The van der Waals surface area contributed by atoms with Crippen LogP contribution < -0.4 is 0 Å². The van der Waals surface area contributed by atoms with Gasteiger partial charge >= 0.3 is 11.9 Å². The molecule has 0 radical (unpaired) electrons. The second-order valence-electron chi connectivity index (χ2n) is 8.21. The Hall–Kier alpha value is -1.66. The molecule has 3 aliphatic rings. The van der Waals surface area contributed by atoms with Crippen molar-refractivity contribution < 1.29 is 29.3 Å². The molecule has 8 atom stereocenters. The van der Waals surface area contributed by atoms with Gasteiger partial charge in [-0.05, 0) is 32.1 Å². The predicted octanol–water partition coefficient (Wildman–Crippen LogP) is 1.75. The van der Waals surface area contributed by atoms with E-state index in [1.165, 1.54) is 0 Å².